The predicted molar refractivity (Wildman–Crippen MR) is 43.6 cm³/mol. The summed E-state index contributed by atoms with van der Waals surface area (Å²) < 4.78 is 1.05. The monoisotopic (exact) mass is 195 g/mol. The number of carboxylic acids is 1. The second-order valence-corrected chi connectivity index (χ2v) is 2.54. The zero-order chi connectivity index (χ0) is 10.1. The summed E-state index contributed by atoms with van der Waals surface area (Å²) >= 11 is 0. The van der Waals surface area contributed by atoms with Gasteiger partial charge in [0.15, 0.2) is 11.2 Å². The van der Waals surface area contributed by atoms with Gasteiger partial charge < -0.3 is 10.1 Å². The van der Waals surface area contributed by atoms with Gasteiger partial charge in [0.25, 0.3) is 5.56 Å². The van der Waals surface area contributed by atoms with E-state index in [1.54, 1.807) is 0 Å². The zero-order valence-electron chi connectivity index (χ0n) is 6.84. The molecule has 0 spiro atoms. The maximum atomic E-state index is 11.1. The van der Waals surface area contributed by atoms with E-state index in [0.717, 1.165) is 4.68 Å². The standard InChI is InChI=1S/C6H5N5O3/c12-3(13)1-11-5-4(9-10-11)6(14)8-2-7-5/h2H,1H2,(H,12,13)(H,7,8,14). The van der Waals surface area contributed by atoms with E-state index in [2.05, 4.69) is 20.3 Å². The number of aliphatic carboxylic acids is 1. The van der Waals surface area contributed by atoms with Crippen LogP contribution in [0.5, 0.6) is 0 Å². The SMILES string of the molecule is O=C(O)Cn1nnc2c(=O)[nH]cnc21. The largest absolute Gasteiger partial charge is 0.480 e. The number of nitrogens with one attached hydrogen (secondary N) is 1. The van der Waals surface area contributed by atoms with Gasteiger partial charge in [0.05, 0.1) is 6.33 Å². The van der Waals surface area contributed by atoms with E-state index in [-0.39, 0.29) is 17.7 Å². The van der Waals surface area contributed by atoms with Crippen LogP contribution in [0.1, 0.15) is 0 Å². The number of hydrogen-bond donors (Lipinski definition) is 2. The van der Waals surface area contributed by atoms with Crippen molar-refractivity contribution in [3.8, 4) is 0 Å². The maximum Gasteiger partial charge on any atom is 0.325 e. The number of nitrogens with zero attached hydrogens (tertiary/aromatic N) is 4. The smallest absolute Gasteiger partial charge is 0.325 e. The van der Waals surface area contributed by atoms with Gasteiger partial charge in [-0.15, -0.1) is 5.10 Å². The lowest BCUT2D eigenvalue weighted by Crippen LogP contribution is -2.12. The average Bonchev–Trinajstić information content (AvgIpc) is 2.49. The summed E-state index contributed by atoms with van der Waals surface area (Å²) in [6, 6.07) is 0. The van der Waals surface area contributed by atoms with E-state index >= 15 is 0 Å². The van der Waals surface area contributed by atoms with Gasteiger partial charge in [0, 0.05) is 0 Å². The lowest BCUT2D eigenvalue weighted by atomic mass is 10.5. The number of aromatic amines is 1. The van der Waals surface area contributed by atoms with E-state index in [1.807, 2.05) is 0 Å². The molecule has 0 unspecified atom stereocenters. The van der Waals surface area contributed by atoms with Gasteiger partial charge in [-0.05, 0) is 0 Å². The summed E-state index contributed by atoms with van der Waals surface area (Å²) in [6.45, 7) is -0.368. The molecule has 2 heterocycles. The first-order valence-corrected chi connectivity index (χ1v) is 3.67. The average molecular weight is 195 g/mol. The summed E-state index contributed by atoms with van der Waals surface area (Å²) in [5.74, 6) is -1.07. The van der Waals surface area contributed by atoms with Crippen molar-refractivity contribution >= 4 is 17.1 Å². The van der Waals surface area contributed by atoms with Crippen molar-refractivity contribution in [2.75, 3.05) is 0 Å². The van der Waals surface area contributed by atoms with Crippen LogP contribution in [0.3, 0.4) is 0 Å². The molecule has 0 saturated carbocycles. The fraction of sp³-hybridized carbons (Fsp3) is 0.167. The highest BCUT2D eigenvalue weighted by molar-refractivity contribution is 5.72. The van der Waals surface area contributed by atoms with Crippen LogP contribution in [0.4, 0.5) is 0 Å². The molecular weight excluding hydrogens is 190 g/mol. The second-order valence-electron chi connectivity index (χ2n) is 2.54. The van der Waals surface area contributed by atoms with Crippen molar-refractivity contribution in [3.63, 3.8) is 0 Å². The second kappa shape index (κ2) is 2.91. The molecule has 0 aromatic carbocycles. The third kappa shape index (κ3) is 1.22. The molecular formula is C6H5N5O3. The third-order valence-corrected chi connectivity index (χ3v) is 1.59. The summed E-state index contributed by atoms with van der Waals surface area (Å²) in [4.78, 5) is 27.6. The number of carbonyl (C=O) groups is 1. The highest BCUT2D eigenvalue weighted by atomic mass is 16.4. The number of fused-ring (bicyclic) bond motifs is 1. The number of aromatic nitrogens is 5. The Morgan fingerprint density at radius 2 is 2.43 bits per heavy atom. The molecule has 0 saturated heterocycles. The van der Waals surface area contributed by atoms with Gasteiger partial charge >= 0.3 is 5.97 Å². The van der Waals surface area contributed by atoms with Crippen molar-refractivity contribution < 1.29 is 9.90 Å². The molecule has 0 aliphatic rings. The van der Waals surface area contributed by atoms with Crippen LogP contribution in [0.25, 0.3) is 11.2 Å². The van der Waals surface area contributed by atoms with E-state index in [0.29, 0.717) is 0 Å². The molecule has 0 radical (unpaired) electrons. The van der Waals surface area contributed by atoms with Crippen LogP contribution in [0.2, 0.25) is 0 Å². The Bertz CT molecular complexity index is 542. The Balaban J connectivity index is 2.64. The first-order chi connectivity index (χ1) is 6.68. The van der Waals surface area contributed by atoms with Gasteiger partial charge in [-0.1, -0.05) is 5.21 Å². The van der Waals surface area contributed by atoms with Gasteiger partial charge in [-0.3, -0.25) is 9.59 Å². The van der Waals surface area contributed by atoms with Crippen molar-refractivity contribution in [2.24, 2.45) is 0 Å². The van der Waals surface area contributed by atoms with E-state index in [1.165, 1.54) is 6.33 Å². The molecule has 2 aromatic heterocycles. The molecule has 0 bridgehead atoms. The molecule has 0 atom stereocenters. The summed E-state index contributed by atoms with van der Waals surface area (Å²) in [7, 11) is 0. The summed E-state index contributed by atoms with van der Waals surface area (Å²) in [5, 5.41) is 15.5. The third-order valence-electron chi connectivity index (χ3n) is 1.59. The minimum Gasteiger partial charge on any atom is -0.480 e. The highest BCUT2D eigenvalue weighted by Gasteiger charge is 2.10. The molecule has 0 amide bonds. The Hall–Kier alpha value is -2.25. The molecule has 2 aromatic rings. The first-order valence-electron chi connectivity index (χ1n) is 3.67. The molecule has 8 heteroatoms. The number of hydrogen-bond acceptors (Lipinski definition) is 5. The molecule has 0 aliphatic heterocycles. The number of carboxylic acid groups (broad SMARTS) is 1. The first kappa shape index (κ1) is 8.35. The molecule has 8 nitrogen and oxygen atoms in total. The molecule has 0 aliphatic carbocycles. The zero-order valence-corrected chi connectivity index (χ0v) is 6.84. The molecule has 0 fully saturated rings. The van der Waals surface area contributed by atoms with Crippen molar-refractivity contribution in [1.29, 1.82) is 0 Å². The number of H-pyrrole nitrogens is 1. The van der Waals surface area contributed by atoms with E-state index in [9.17, 15) is 9.59 Å². The van der Waals surface area contributed by atoms with Gasteiger partial charge in [-0.25, -0.2) is 9.67 Å². The van der Waals surface area contributed by atoms with E-state index in [4.69, 9.17) is 5.11 Å². The Kier molecular flexibility index (Phi) is 1.73. The van der Waals surface area contributed by atoms with E-state index < -0.39 is 11.5 Å². The Morgan fingerprint density at radius 1 is 1.64 bits per heavy atom. The minimum absolute atomic E-state index is 0.0359. The Labute approximate surface area is 76.2 Å². The summed E-state index contributed by atoms with van der Waals surface area (Å²) in [5.41, 5.74) is -0.239. The fourth-order valence-corrected chi connectivity index (χ4v) is 1.04. The summed E-state index contributed by atoms with van der Waals surface area (Å²) in [6.07, 6.45) is 1.17. The van der Waals surface area contributed by atoms with Crippen LogP contribution < -0.4 is 5.56 Å². The fourth-order valence-electron chi connectivity index (χ4n) is 1.04. The maximum absolute atomic E-state index is 11.1. The topological polar surface area (TPSA) is 114 Å². The van der Waals surface area contributed by atoms with Crippen LogP contribution >= 0.6 is 0 Å². The van der Waals surface area contributed by atoms with Crippen LogP contribution in [0.15, 0.2) is 11.1 Å². The van der Waals surface area contributed by atoms with Gasteiger partial charge in [-0.2, -0.15) is 0 Å². The predicted octanol–water partition coefficient (Wildman–Crippen LogP) is -1.40. The molecule has 72 valence electrons. The lowest BCUT2D eigenvalue weighted by Gasteiger charge is -1.94. The minimum atomic E-state index is -1.07. The Morgan fingerprint density at radius 3 is 3.14 bits per heavy atom. The molecule has 2 rings (SSSR count). The lowest BCUT2D eigenvalue weighted by molar-refractivity contribution is -0.137. The van der Waals surface area contributed by atoms with Crippen molar-refractivity contribution in [3.05, 3.63) is 16.7 Å². The van der Waals surface area contributed by atoms with Crippen molar-refractivity contribution in [1.82, 2.24) is 25.0 Å². The van der Waals surface area contributed by atoms with Gasteiger partial charge in [0.1, 0.15) is 6.54 Å². The van der Waals surface area contributed by atoms with Crippen LogP contribution in [-0.2, 0) is 11.3 Å². The molecule has 14 heavy (non-hydrogen) atoms. The van der Waals surface area contributed by atoms with Gasteiger partial charge in [0.2, 0.25) is 0 Å². The van der Waals surface area contributed by atoms with Crippen LogP contribution in [-0.4, -0.2) is 36.0 Å². The number of rotatable bonds is 2. The quantitative estimate of drug-likeness (QED) is 0.609. The highest BCUT2D eigenvalue weighted by Crippen LogP contribution is 1.99. The van der Waals surface area contributed by atoms with Crippen LogP contribution in [0, 0.1) is 0 Å². The normalized spacial score (nSPS) is 10.6. The molecule has 2 N–H and O–H groups in total. The van der Waals surface area contributed by atoms with Crippen molar-refractivity contribution in [2.45, 2.75) is 6.54 Å².